The normalized spacial score (nSPS) is 19.1. The number of aromatic nitrogens is 1. The number of carboxylic acids is 1. The van der Waals surface area contributed by atoms with E-state index in [4.69, 9.17) is 5.11 Å². The third kappa shape index (κ3) is 3.35. The largest absolute Gasteiger partial charge is 0.481 e. The van der Waals surface area contributed by atoms with Gasteiger partial charge in [0, 0.05) is 24.2 Å². The van der Waals surface area contributed by atoms with Crippen LogP contribution in [0.15, 0.2) is 18.3 Å². The van der Waals surface area contributed by atoms with Crippen LogP contribution in [0.4, 0.5) is 0 Å². The maximum absolute atomic E-state index is 10.7. The Morgan fingerprint density at radius 2 is 2.18 bits per heavy atom. The predicted molar refractivity (Wildman–Crippen MR) is 67.0 cm³/mol. The minimum Gasteiger partial charge on any atom is -0.481 e. The molecule has 0 saturated heterocycles. The molecule has 2 rings (SSSR count). The van der Waals surface area contributed by atoms with E-state index in [2.05, 4.69) is 11.1 Å². The van der Waals surface area contributed by atoms with Gasteiger partial charge in [-0.25, -0.2) is 0 Å². The molecule has 0 amide bonds. The fourth-order valence-electron chi connectivity index (χ4n) is 3.04. The van der Waals surface area contributed by atoms with Gasteiger partial charge < -0.3 is 10.1 Å². The maximum Gasteiger partial charge on any atom is 0.303 e. The highest BCUT2D eigenvalue weighted by Gasteiger charge is 2.25. The summed E-state index contributed by atoms with van der Waals surface area (Å²) in [4.78, 5) is 14.0. The second-order valence-electron chi connectivity index (χ2n) is 5.06. The van der Waals surface area contributed by atoms with Crippen LogP contribution in [0.1, 0.15) is 56.6 Å². The fourth-order valence-corrected chi connectivity index (χ4v) is 3.04. The van der Waals surface area contributed by atoms with E-state index in [9.17, 15) is 4.79 Å². The molecule has 1 saturated carbocycles. The van der Waals surface area contributed by atoms with E-state index < -0.39 is 5.97 Å². The Labute approximate surface area is 102 Å². The first-order chi connectivity index (χ1) is 8.27. The monoisotopic (exact) mass is 235 g/mol. The molecule has 1 unspecified atom stereocenters. The van der Waals surface area contributed by atoms with Crippen LogP contribution in [-0.2, 0) is 4.79 Å². The van der Waals surface area contributed by atoms with Crippen molar-refractivity contribution in [2.45, 2.75) is 50.9 Å². The fraction of sp³-hybridized carbons (Fsp3) is 0.643. The Hall–Kier alpha value is -1.25. The van der Waals surface area contributed by atoms with Crippen LogP contribution in [0.25, 0.3) is 0 Å². The smallest absolute Gasteiger partial charge is 0.303 e. The molecule has 0 aromatic carbocycles. The van der Waals surface area contributed by atoms with Crippen molar-refractivity contribution >= 4 is 5.97 Å². The summed E-state index contributed by atoms with van der Waals surface area (Å²) in [6.07, 6.45) is 9.43. The standard InChI is InChI=1S/C14H21NO2/c16-14(17)9-8-12(13-7-4-10-15-13)11-5-2-1-3-6-11/h4,7,10-12,15H,1-3,5-6,8-9H2,(H,16,17). The van der Waals surface area contributed by atoms with E-state index in [1.54, 1.807) is 0 Å². The molecule has 0 bridgehead atoms. The highest BCUT2D eigenvalue weighted by atomic mass is 16.4. The average Bonchev–Trinajstić information content (AvgIpc) is 2.84. The molecule has 1 atom stereocenters. The molecular weight excluding hydrogens is 214 g/mol. The van der Waals surface area contributed by atoms with Gasteiger partial charge in [0.1, 0.15) is 0 Å². The van der Waals surface area contributed by atoms with E-state index in [1.165, 1.54) is 37.8 Å². The maximum atomic E-state index is 10.7. The van der Waals surface area contributed by atoms with Crippen LogP contribution >= 0.6 is 0 Å². The summed E-state index contributed by atoms with van der Waals surface area (Å²) in [5, 5.41) is 8.85. The van der Waals surface area contributed by atoms with Gasteiger partial charge in [-0.2, -0.15) is 0 Å². The summed E-state index contributed by atoms with van der Waals surface area (Å²) in [6, 6.07) is 4.10. The van der Waals surface area contributed by atoms with Crippen LogP contribution in [0.2, 0.25) is 0 Å². The Balaban J connectivity index is 2.03. The van der Waals surface area contributed by atoms with Crippen LogP contribution < -0.4 is 0 Å². The van der Waals surface area contributed by atoms with Gasteiger partial charge in [-0.3, -0.25) is 4.79 Å². The average molecular weight is 235 g/mol. The van der Waals surface area contributed by atoms with Gasteiger partial charge in [-0.05, 0) is 37.3 Å². The summed E-state index contributed by atoms with van der Waals surface area (Å²) in [7, 11) is 0. The van der Waals surface area contributed by atoms with E-state index in [0.29, 0.717) is 11.8 Å². The lowest BCUT2D eigenvalue weighted by Gasteiger charge is -2.29. The van der Waals surface area contributed by atoms with E-state index in [1.807, 2.05) is 12.3 Å². The Morgan fingerprint density at radius 1 is 1.41 bits per heavy atom. The van der Waals surface area contributed by atoms with Crippen molar-refractivity contribution in [3.63, 3.8) is 0 Å². The first kappa shape index (κ1) is 12.2. The second kappa shape index (κ2) is 5.89. The van der Waals surface area contributed by atoms with Crippen molar-refractivity contribution < 1.29 is 9.90 Å². The number of hydrogen-bond acceptors (Lipinski definition) is 1. The number of H-pyrrole nitrogens is 1. The Kier molecular flexibility index (Phi) is 4.24. The third-order valence-electron chi connectivity index (χ3n) is 3.91. The minimum atomic E-state index is -0.683. The highest BCUT2D eigenvalue weighted by molar-refractivity contribution is 5.66. The molecule has 1 aromatic rings. The zero-order valence-corrected chi connectivity index (χ0v) is 10.2. The van der Waals surface area contributed by atoms with Crippen LogP contribution in [0.3, 0.4) is 0 Å². The number of carboxylic acid groups (broad SMARTS) is 1. The Bertz CT molecular complexity index is 339. The zero-order chi connectivity index (χ0) is 12.1. The van der Waals surface area contributed by atoms with E-state index >= 15 is 0 Å². The van der Waals surface area contributed by atoms with Crippen LogP contribution in [-0.4, -0.2) is 16.1 Å². The number of aromatic amines is 1. The molecule has 0 aliphatic heterocycles. The number of aliphatic carboxylic acids is 1. The zero-order valence-electron chi connectivity index (χ0n) is 10.2. The highest BCUT2D eigenvalue weighted by Crippen LogP contribution is 2.38. The molecule has 1 aromatic heterocycles. The third-order valence-corrected chi connectivity index (χ3v) is 3.91. The molecule has 1 aliphatic rings. The van der Waals surface area contributed by atoms with Crippen LogP contribution in [0.5, 0.6) is 0 Å². The summed E-state index contributed by atoms with van der Waals surface area (Å²) in [6.45, 7) is 0. The lowest BCUT2D eigenvalue weighted by Crippen LogP contribution is -2.17. The van der Waals surface area contributed by atoms with E-state index in [0.717, 1.165) is 6.42 Å². The molecule has 0 spiro atoms. The molecule has 3 nitrogen and oxygen atoms in total. The molecule has 0 radical (unpaired) electrons. The van der Waals surface area contributed by atoms with Gasteiger partial charge in [0.2, 0.25) is 0 Å². The molecule has 3 heteroatoms. The number of hydrogen-bond donors (Lipinski definition) is 2. The molecule has 2 N–H and O–H groups in total. The van der Waals surface area contributed by atoms with Crippen molar-refractivity contribution in [3.05, 3.63) is 24.0 Å². The Morgan fingerprint density at radius 3 is 2.76 bits per heavy atom. The second-order valence-corrected chi connectivity index (χ2v) is 5.06. The van der Waals surface area contributed by atoms with E-state index in [-0.39, 0.29) is 6.42 Å². The summed E-state index contributed by atoms with van der Waals surface area (Å²) < 4.78 is 0. The molecule has 1 fully saturated rings. The predicted octanol–water partition coefficient (Wildman–Crippen LogP) is 3.54. The van der Waals surface area contributed by atoms with Gasteiger partial charge in [0.15, 0.2) is 0 Å². The molecule has 1 aliphatic carbocycles. The van der Waals surface area contributed by atoms with Crippen molar-refractivity contribution in [2.75, 3.05) is 0 Å². The number of rotatable bonds is 5. The van der Waals surface area contributed by atoms with Gasteiger partial charge >= 0.3 is 5.97 Å². The lowest BCUT2D eigenvalue weighted by molar-refractivity contribution is -0.137. The SMILES string of the molecule is O=C(O)CCC(c1ccc[nH]1)C1CCCCC1. The van der Waals surface area contributed by atoms with Crippen molar-refractivity contribution in [1.82, 2.24) is 4.98 Å². The summed E-state index contributed by atoms with van der Waals surface area (Å²) in [5.74, 6) is 0.389. The lowest BCUT2D eigenvalue weighted by atomic mass is 9.76. The van der Waals surface area contributed by atoms with Crippen molar-refractivity contribution in [3.8, 4) is 0 Å². The summed E-state index contributed by atoms with van der Waals surface area (Å²) >= 11 is 0. The van der Waals surface area contributed by atoms with Crippen LogP contribution in [0, 0.1) is 5.92 Å². The van der Waals surface area contributed by atoms with Gasteiger partial charge in [0.25, 0.3) is 0 Å². The molecule has 94 valence electrons. The molecular formula is C14H21NO2. The first-order valence-electron chi connectivity index (χ1n) is 6.62. The van der Waals surface area contributed by atoms with Gasteiger partial charge in [-0.1, -0.05) is 19.3 Å². The minimum absolute atomic E-state index is 0.278. The molecule has 17 heavy (non-hydrogen) atoms. The quantitative estimate of drug-likeness (QED) is 0.820. The van der Waals surface area contributed by atoms with Gasteiger partial charge in [-0.15, -0.1) is 0 Å². The van der Waals surface area contributed by atoms with Gasteiger partial charge in [0.05, 0.1) is 0 Å². The number of nitrogens with one attached hydrogen (secondary N) is 1. The van der Waals surface area contributed by atoms with Crippen molar-refractivity contribution in [1.29, 1.82) is 0 Å². The topological polar surface area (TPSA) is 53.1 Å². The molecule has 1 heterocycles. The first-order valence-corrected chi connectivity index (χ1v) is 6.62. The summed E-state index contributed by atoms with van der Waals surface area (Å²) in [5.41, 5.74) is 1.22. The number of carbonyl (C=O) groups is 1. The van der Waals surface area contributed by atoms with Crippen molar-refractivity contribution in [2.24, 2.45) is 5.92 Å².